The average molecular weight is 382 g/mol. The number of hydrogen-bond donors (Lipinski definition) is 1. The van der Waals surface area contributed by atoms with E-state index in [4.69, 9.17) is 27.9 Å². The first-order valence-electron chi connectivity index (χ1n) is 7.37. The van der Waals surface area contributed by atoms with Gasteiger partial charge in [-0.15, -0.1) is 0 Å². The van der Waals surface area contributed by atoms with Crippen LogP contribution in [0.15, 0.2) is 42.5 Å². The number of carbonyl (C=O) groups excluding carboxylic acids is 2. The predicted molar refractivity (Wildman–Crippen MR) is 97.6 cm³/mol. The molecule has 0 aliphatic carbocycles. The van der Waals surface area contributed by atoms with Crippen LogP contribution in [-0.4, -0.2) is 24.6 Å². The Labute approximate surface area is 155 Å². The first kappa shape index (κ1) is 19.1. The summed E-state index contributed by atoms with van der Waals surface area (Å²) in [5.41, 5.74) is -0.612. The number of benzene rings is 2. The van der Waals surface area contributed by atoms with Crippen molar-refractivity contribution in [3.05, 3.63) is 58.1 Å². The summed E-state index contributed by atoms with van der Waals surface area (Å²) in [6, 6.07) is 11.1. The molecule has 0 atom stereocenters. The van der Waals surface area contributed by atoms with Crippen molar-refractivity contribution in [1.29, 1.82) is 0 Å². The average Bonchev–Trinajstić information content (AvgIpc) is 2.58. The molecule has 0 saturated carbocycles. The molecule has 2 rings (SSSR count). The zero-order valence-electron chi connectivity index (χ0n) is 13.9. The minimum absolute atomic E-state index is 0.277. The van der Waals surface area contributed by atoms with Crippen molar-refractivity contribution in [2.24, 2.45) is 0 Å². The summed E-state index contributed by atoms with van der Waals surface area (Å²) in [6.07, 6.45) is 0. The highest BCUT2D eigenvalue weighted by molar-refractivity contribution is 6.34. The summed E-state index contributed by atoms with van der Waals surface area (Å²) >= 11 is 11.9. The molecular weight excluding hydrogens is 365 g/mol. The molecule has 132 valence electrons. The van der Waals surface area contributed by atoms with Crippen molar-refractivity contribution in [2.75, 3.05) is 12.4 Å². The van der Waals surface area contributed by atoms with Gasteiger partial charge in [-0.1, -0.05) is 23.2 Å². The normalized spacial score (nSPS) is 10.9. The fraction of sp³-hybridized carbons (Fsp3) is 0.222. The van der Waals surface area contributed by atoms with E-state index in [1.54, 1.807) is 38.1 Å². The van der Waals surface area contributed by atoms with Crippen molar-refractivity contribution in [3.8, 4) is 5.75 Å². The standard InChI is InChI=1S/C18H17Cl2NO4/c1-18(2,25-13-7-5-12(19)6-8-13)17(23)21-15-10-11(16(22)24-3)4-9-14(15)20/h4-10H,1-3H3,(H,21,23). The molecule has 0 fully saturated rings. The highest BCUT2D eigenvalue weighted by atomic mass is 35.5. The van der Waals surface area contributed by atoms with E-state index in [0.717, 1.165) is 0 Å². The Kier molecular flexibility index (Phi) is 5.93. The maximum absolute atomic E-state index is 12.6. The first-order chi connectivity index (χ1) is 11.7. The van der Waals surface area contributed by atoms with Gasteiger partial charge in [0.2, 0.25) is 0 Å². The lowest BCUT2D eigenvalue weighted by molar-refractivity contribution is -0.128. The molecule has 1 N–H and O–H groups in total. The summed E-state index contributed by atoms with van der Waals surface area (Å²) in [5, 5.41) is 3.54. The van der Waals surface area contributed by atoms with Crippen molar-refractivity contribution in [2.45, 2.75) is 19.4 Å². The quantitative estimate of drug-likeness (QED) is 0.769. The molecule has 0 spiro atoms. The third kappa shape index (κ3) is 4.87. The molecule has 0 aromatic heterocycles. The minimum Gasteiger partial charge on any atom is -0.478 e. The van der Waals surface area contributed by atoms with Gasteiger partial charge in [0.05, 0.1) is 23.4 Å². The SMILES string of the molecule is COC(=O)c1ccc(Cl)c(NC(=O)C(C)(C)Oc2ccc(Cl)cc2)c1. The van der Waals surface area contributed by atoms with E-state index in [-0.39, 0.29) is 5.56 Å². The Morgan fingerprint density at radius 1 is 1.04 bits per heavy atom. The summed E-state index contributed by atoms with van der Waals surface area (Å²) in [7, 11) is 1.28. The highest BCUT2D eigenvalue weighted by Crippen LogP contribution is 2.26. The van der Waals surface area contributed by atoms with Gasteiger partial charge in [0.15, 0.2) is 5.60 Å². The second kappa shape index (κ2) is 7.76. The van der Waals surface area contributed by atoms with Gasteiger partial charge in [-0.2, -0.15) is 0 Å². The minimum atomic E-state index is -1.18. The number of methoxy groups -OCH3 is 1. The first-order valence-corrected chi connectivity index (χ1v) is 8.12. The lowest BCUT2D eigenvalue weighted by Gasteiger charge is -2.25. The second-order valence-electron chi connectivity index (χ2n) is 5.71. The van der Waals surface area contributed by atoms with Gasteiger partial charge in [-0.3, -0.25) is 4.79 Å². The van der Waals surface area contributed by atoms with Crippen LogP contribution in [0.4, 0.5) is 5.69 Å². The Balaban J connectivity index is 2.17. The van der Waals surface area contributed by atoms with Gasteiger partial charge in [-0.05, 0) is 56.3 Å². The van der Waals surface area contributed by atoms with Gasteiger partial charge in [0.1, 0.15) is 5.75 Å². The fourth-order valence-electron chi connectivity index (χ4n) is 1.98. The lowest BCUT2D eigenvalue weighted by atomic mass is 10.1. The molecule has 25 heavy (non-hydrogen) atoms. The van der Waals surface area contributed by atoms with Crippen LogP contribution in [0.2, 0.25) is 10.0 Å². The van der Waals surface area contributed by atoms with Crippen molar-refractivity contribution < 1.29 is 19.1 Å². The summed E-state index contributed by atoms with van der Waals surface area (Å²) in [4.78, 5) is 24.2. The highest BCUT2D eigenvalue weighted by Gasteiger charge is 2.30. The van der Waals surface area contributed by atoms with Crippen LogP contribution in [0.5, 0.6) is 5.75 Å². The second-order valence-corrected chi connectivity index (χ2v) is 6.55. The molecule has 0 aliphatic rings. The molecule has 0 unspecified atom stereocenters. The van der Waals surface area contributed by atoms with E-state index >= 15 is 0 Å². The number of rotatable bonds is 5. The molecule has 2 aromatic carbocycles. The van der Waals surface area contributed by atoms with Gasteiger partial charge < -0.3 is 14.8 Å². The molecule has 5 nitrogen and oxygen atoms in total. The number of halogens is 2. The van der Waals surface area contributed by atoms with Crippen molar-refractivity contribution >= 4 is 40.8 Å². The predicted octanol–water partition coefficient (Wildman–Crippen LogP) is 4.58. The fourth-order valence-corrected chi connectivity index (χ4v) is 2.27. The molecule has 0 saturated heterocycles. The molecule has 1 amide bonds. The zero-order chi connectivity index (χ0) is 18.6. The topological polar surface area (TPSA) is 64.6 Å². The molecular formula is C18H17Cl2NO4. The van der Waals surface area contributed by atoms with Gasteiger partial charge in [0, 0.05) is 5.02 Å². The van der Waals surface area contributed by atoms with Gasteiger partial charge in [0.25, 0.3) is 5.91 Å². The van der Waals surface area contributed by atoms with E-state index < -0.39 is 17.5 Å². The maximum atomic E-state index is 12.6. The number of nitrogens with one attached hydrogen (secondary N) is 1. The van der Waals surface area contributed by atoms with E-state index in [9.17, 15) is 9.59 Å². The molecule has 7 heteroatoms. The lowest BCUT2D eigenvalue weighted by Crippen LogP contribution is -2.42. The summed E-state index contributed by atoms with van der Waals surface area (Å²) < 4.78 is 10.4. The Morgan fingerprint density at radius 3 is 2.28 bits per heavy atom. The van der Waals surface area contributed by atoms with Crippen LogP contribution in [0.25, 0.3) is 0 Å². The number of carbonyl (C=O) groups is 2. The monoisotopic (exact) mass is 381 g/mol. The molecule has 0 aliphatic heterocycles. The van der Waals surface area contributed by atoms with Crippen LogP contribution < -0.4 is 10.1 Å². The molecule has 2 aromatic rings. The van der Waals surface area contributed by atoms with Crippen LogP contribution in [0, 0.1) is 0 Å². The van der Waals surface area contributed by atoms with E-state index in [2.05, 4.69) is 10.1 Å². The number of ether oxygens (including phenoxy) is 2. The third-order valence-electron chi connectivity index (χ3n) is 3.37. The molecule has 0 radical (unpaired) electrons. The number of amides is 1. The van der Waals surface area contributed by atoms with Crippen LogP contribution in [0.1, 0.15) is 24.2 Å². The summed E-state index contributed by atoms with van der Waals surface area (Å²) in [6.45, 7) is 3.24. The van der Waals surface area contributed by atoms with Crippen LogP contribution in [-0.2, 0) is 9.53 Å². The van der Waals surface area contributed by atoms with Crippen molar-refractivity contribution in [3.63, 3.8) is 0 Å². The van der Waals surface area contributed by atoms with E-state index in [1.807, 2.05) is 0 Å². The molecule has 0 bridgehead atoms. The smallest absolute Gasteiger partial charge is 0.337 e. The number of esters is 1. The van der Waals surface area contributed by atoms with E-state index in [1.165, 1.54) is 25.3 Å². The van der Waals surface area contributed by atoms with Crippen molar-refractivity contribution in [1.82, 2.24) is 0 Å². The molecule has 0 heterocycles. The summed E-state index contributed by atoms with van der Waals surface area (Å²) in [5.74, 6) is -0.450. The Bertz CT molecular complexity index is 788. The Morgan fingerprint density at radius 2 is 1.68 bits per heavy atom. The third-order valence-corrected chi connectivity index (χ3v) is 3.95. The number of anilines is 1. The van der Waals surface area contributed by atoms with Gasteiger partial charge in [-0.25, -0.2) is 4.79 Å². The largest absolute Gasteiger partial charge is 0.478 e. The van der Waals surface area contributed by atoms with Crippen LogP contribution >= 0.6 is 23.2 Å². The maximum Gasteiger partial charge on any atom is 0.337 e. The number of hydrogen-bond acceptors (Lipinski definition) is 4. The Hall–Kier alpha value is -2.24. The zero-order valence-corrected chi connectivity index (χ0v) is 15.4. The van der Waals surface area contributed by atoms with Crippen LogP contribution in [0.3, 0.4) is 0 Å². The van der Waals surface area contributed by atoms with E-state index in [0.29, 0.717) is 21.5 Å². The van der Waals surface area contributed by atoms with Gasteiger partial charge >= 0.3 is 5.97 Å².